The number of benzene rings is 2. The largest absolute Gasteiger partial charge is 0.493 e. The van der Waals surface area contributed by atoms with Crippen LogP contribution in [-0.2, 0) is 16.7 Å². The molecule has 2 aromatic carbocycles. The molecule has 0 radical (unpaired) electrons. The fourth-order valence-electron chi connectivity index (χ4n) is 5.13. The van der Waals surface area contributed by atoms with Gasteiger partial charge in [-0.25, -0.2) is 4.79 Å². The number of methoxy groups -OCH3 is 1. The molecule has 5 nitrogen and oxygen atoms in total. The van der Waals surface area contributed by atoms with Gasteiger partial charge in [0.25, 0.3) is 0 Å². The molecule has 2 heterocycles. The van der Waals surface area contributed by atoms with E-state index in [0.29, 0.717) is 12.0 Å². The highest BCUT2D eigenvalue weighted by Crippen LogP contribution is 2.55. The van der Waals surface area contributed by atoms with Gasteiger partial charge < -0.3 is 19.1 Å². The number of hydrogen-bond acceptors (Lipinski definition) is 5. The summed E-state index contributed by atoms with van der Waals surface area (Å²) in [5, 5.41) is 0. The van der Waals surface area contributed by atoms with Gasteiger partial charge in [-0.2, -0.15) is 0 Å². The van der Waals surface area contributed by atoms with Crippen molar-refractivity contribution in [2.24, 2.45) is 0 Å². The lowest BCUT2D eigenvalue weighted by molar-refractivity contribution is 0.0218. The third-order valence-corrected chi connectivity index (χ3v) is 6.64. The highest BCUT2D eigenvalue weighted by atomic mass is 16.6. The molecule has 1 spiro atoms. The number of nitrogens with zero attached hydrogens (tertiary/aromatic N) is 1. The molecule has 3 atom stereocenters. The molecule has 0 saturated heterocycles. The van der Waals surface area contributed by atoms with Crippen molar-refractivity contribution in [2.75, 3.05) is 20.7 Å². The minimum absolute atomic E-state index is 0.0747. The predicted octanol–water partition coefficient (Wildman–Crippen LogP) is 4.02. The second kappa shape index (κ2) is 7.17. The van der Waals surface area contributed by atoms with Crippen LogP contribution in [0.25, 0.3) is 0 Å². The lowest BCUT2D eigenvalue weighted by atomic mass is 9.69. The monoisotopic (exact) mass is 405 g/mol. The number of carbonyl (C=O) groups is 1. The van der Waals surface area contributed by atoms with Crippen LogP contribution in [0.15, 0.2) is 48.6 Å². The quantitative estimate of drug-likeness (QED) is 0.570. The summed E-state index contributed by atoms with van der Waals surface area (Å²) in [5.74, 6) is 1.33. The third-order valence-electron chi connectivity index (χ3n) is 6.64. The molecule has 0 N–H and O–H groups in total. The van der Waals surface area contributed by atoms with Crippen molar-refractivity contribution in [2.45, 2.75) is 43.9 Å². The SMILES string of the molecule is COc1ccc2c3c1O[C@H]1CC(OC(=O)c4cccc(C)c4)C=C[C@@]31CCN(C)C2. The van der Waals surface area contributed by atoms with E-state index in [2.05, 4.69) is 30.2 Å². The van der Waals surface area contributed by atoms with Crippen LogP contribution in [0.2, 0.25) is 0 Å². The summed E-state index contributed by atoms with van der Waals surface area (Å²) in [4.78, 5) is 15.0. The minimum atomic E-state index is -0.307. The first-order valence-corrected chi connectivity index (χ1v) is 10.5. The number of ether oxygens (including phenoxy) is 3. The lowest BCUT2D eigenvalue weighted by Gasteiger charge is -2.36. The van der Waals surface area contributed by atoms with Gasteiger partial charge in [-0.15, -0.1) is 0 Å². The third kappa shape index (κ3) is 3.00. The molecule has 5 heteroatoms. The van der Waals surface area contributed by atoms with E-state index in [1.165, 1.54) is 11.1 Å². The fraction of sp³-hybridized carbons (Fsp3) is 0.400. The van der Waals surface area contributed by atoms with E-state index in [4.69, 9.17) is 14.2 Å². The van der Waals surface area contributed by atoms with Crippen LogP contribution in [0.1, 0.15) is 39.9 Å². The van der Waals surface area contributed by atoms with Crippen molar-refractivity contribution in [1.82, 2.24) is 4.90 Å². The van der Waals surface area contributed by atoms with Crippen LogP contribution in [0.4, 0.5) is 0 Å². The molecule has 1 unspecified atom stereocenters. The highest BCUT2D eigenvalue weighted by Gasteiger charge is 2.53. The maximum atomic E-state index is 12.7. The Balaban J connectivity index is 1.46. The molecular formula is C25H27NO4. The van der Waals surface area contributed by atoms with E-state index in [-0.39, 0.29) is 23.6 Å². The summed E-state index contributed by atoms with van der Waals surface area (Å²) < 4.78 is 17.9. The van der Waals surface area contributed by atoms with Crippen LogP contribution in [0.5, 0.6) is 11.5 Å². The van der Waals surface area contributed by atoms with Crippen LogP contribution >= 0.6 is 0 Å². The fourth-order valence-corrected chi connectivity index (χ4v) is 5.13. The zero-order chi connectivity index (χ0) is 20.9. The topological polar surface area (TPSA) is 48.0 Å². The van der Waals surface area contributed by atoms with Gasteiger partial charge in [0.2, 0.25) is 0 Å². The van der Waals surface area contributed by atoms with E-state index >= 15 is 0 Å². The Morgan fingerprint density at radius 1 is 1.27 bits per heavy atom. The molecule has 0 fully saturated rings. The van der Waals surface area contributed by atoms with Gasteiger partial charge in [0.1, 0.15) is 12.2 Å². The standard InChI is InChI=1S/C25H27NO4/c1-16-5-4-6-17(13-16)24(27)29-19-9-10-25-11-12-26(2)15-18-7-8-20(28-3)23(22(18)25)30-21(25)14-19/h4-10,13,19,21H,11-12,14-15H2,1-3H3/t19?,21-,25-/m0/s1. The molecule has 3 aliphatic rings. The molecule has 0 saturated carbocycles. The van der Waals surface area contributed by atoms with Crippen molar-refractivity contribution < 1.29 is 19.0 Å². The van der Waals surface area contributed by atoms with E-state index in [0.717, 1.165) is 36.6 Å². The number of rotatable bonds is 3. The molecule has 0 bridgehead atoms. The number of carbonyl (C=O) groups excluding carboxylic acids is 1. The second-order valence-electron chi connectivity index (χ2n) is 8.67. The maximum Gasteiger partial charge on any atom is 0.338 e. The summed E-state index contributed by atoms with van der Waals surface area (Å²) >= 11 is 0. The molecule has 0 amide bonds. The number of hydrogen-bond donors (Lipinski definition) is 0. The van der Waals surface area contributed by atoms with E-state index in [9.17, 15) is 4.79 Å². The molecule has 30 heavy (non-hydrogen) atoms. The van der Waals surface area contributed by atoms with E-state index < -0.39 is 0 Å². The van der Waals surface area contributed by atoms with Crippen molar-refractivity contribution in [1.29, 1.82) is 0 Å². The van der Waals surface area contributed by atoms with Crippen molar-refractivity contribution in [3.63, 3.8) is 0 Å². The van der Waals surface area contributed by atoms with Gasteiger partial charge in [0.15, 0.2) is 11.5 Å². The first-order chi connectivity index (χ1) is 14.5. The van der Waals surface area contributed by atoms with Gasteiger partial charge >= 0.3 is 5.97 Å². The summed E-state index contributed by atoms with van der Waals surface area (Å²) in [6, 6.07) is 11.7. The minimum Gasteiger partial charge on any atom is -0.493 e. The van der Waals surface area contributed by atoms with Gasteiger partial charge in [-0.3, -0.25) is 0 Å². The van der Waals surface area contributed by atoms with Crippen molar-refractivity contribution >= 4 is 5.97 Å². The molecule has 2 aromatic rings. The molecule has 1 aliphatic carbocycles. The van der Waals surface area contributed by atoms with Gasteiger partial charge in [-0.1, -0.05) is 29.8 Å². The molecule has 5 rings (SSSR count). The van der Waals surface area contributed by atoms with E-state index in [1.807, 2.05) is 31.2 Å². The molecule has 0 aromatic heterocycles. The lowest BCUT2D eigenvalue weighted by Crippen LogP contribution is -2.43. The van der Waals surface area contributed by atoms with Gasteiger partial charge in [0, 0.05) is 18.5 Å². The molecule has 156 valence electrons. The van der Waals surface area contributed by atoms with Crippen LogP contribution < -0.4 is 9.47 Å². The smallest absolute Gasteiger partial charge is 0.338 e. The maximum absolute atomic E-state index is 12.7. The van der Waals surface area contributed by atoms with Crippen molar-refractivity contribution in [3.05, 3.63) is 70.8 Å². The number of aryl methyl sites for hydroxylation is 1. The normalized spacial score (nSPS) is 26.9. The first kappa shape index (κ1) is 19.2. The zero-order valence-electron chi connectivity index (χ0n) is 17.7. The van der Waals surface area contributed by atoms with Crippen LogP contribution in [-0.4, -0.2) is 43.8 Å². The zero-order valence-corrected chi connectivity index (χ0v) is 17.7. The van der Waals surface area contributed by atoms with Gasteiger partial charge in [0.05, 0.1) is 18.1 Å². The number of esters is 1. The Labute approximate surface area is 177 Å². The average Bonchev–Trinajstić information content (AvgIpc) is 2.99. The van der Waals surface area contributed by atoms with Crippen molar-refractivity contribution in [3.8, 4) is 11.5 Å². The Kier molecular flexibility index (Phi) is 4.58. The Morgan fingerprint density at radius 3 is 2.93 bits per heavy atom. The highest BCUT2D eigenvalue weighted by molar-refractivity contribution is 5.89. The summed E-state index contributed by atoms with van der Waals surface area (Å²) in [6.07, 6.45) is 5.50. The molecule has 2 aliphatic heterocycles. The summed E-state index contributed by atoms with van der Waals surface area (Å²) in [6.45, 7) is 3.84. The average molecular weight is 405 g/mol. The van der Waals surface area contributed by atoms with Crippen LogP contribution in [0.3, 0.4) is 0 Å². The Morgan fingerprint density at radius 2 is 2.13 bits per heavy atom. The molecular weight excluding hydrogens is 378 g/mol. The van der Waals surface area contributed by atoms with E-state index in [1.54, 1.807) is 13.2 Å². The Bertz CT molecular complexity index is 1030. The van der Waals surface area contributed by atoms with Gasteiger partial charge in [-0.05, 0) is 56.8 Å². The Hall–Kier alpha value is -2.79. The van der Waals surface area contributed by atoms with Crippen LogP contribution in [0, 0.1) is 6.92 Å². The summed E-state index contributed by atoms with van der Waals surface area (Å²) in [7, 11) is 3.84. The summed E-state index contributed by atoms with van der Waals surface area (Å²) in [5.41, 5.74) is 3.96. The second-order valence-corrected chi connectivity index (χ2v) is 8.67. The predicted molar refractivity (Wildman–Crippen MR) is 114 cm³/mol. The first-order valence-electron chi connectivity index (χ1n) is 10.5.